The summed E-state index contributed by atoms with van der Waals surface area (Å²) in [6, 6.07) is 0. The smallest absolute Gasteiger partial charge is 0.197 e. The zero-order valence-corrected chi connectivity index (χ0v) is 8.56. The molecule has 2 rings (SSSR count). The van der Waals surface area contributed by atoms with Crippen LogP contribution in [0.2, 0.25) is 0 Å². The number of rotatable bonds is 3. The van der Waals surface area contributed by atoms with E-state index < -0.39 is 36.8 Å². The van der Waals surface area contributed by atoms with E-state index in [1.165, 1.54) is 0 Å². The SMILES string of the molecule is OC[C@H]1OC(O)(CC2CO2)[C@H](O)[C@@H](O)[C@@H]1O. The first-order valence-corrected chi connectivity index (χ1v) is 5.15. The fourth-order valence-corrected chi connectivity index (χ4v) is 1.90. The third-order valence-corrected chi connectivity index (χ3v) is 2.97. The molecule has 7 nitrogen and oxygen atoms in total. The van der Waals surface area contributed by atoms with Gasteiger partial charge in [0.2, 0.25) is 0 Å². The monoisotopic (exact) mass is 236 g/mol. The molecular formula is C9H16O7. The number of hydrogen-bond donors (Lipinski definition) is 5. The summed E-state index contributed by atoms with van der Waals surface area (Å²) in [5.41, 5.74) is 0. The Labute approximate surface area is 91.8 Å². The fourth-order valence-electron chi connectivity index (χ4n) is 1.90. The van der Waals surface area contributed by atoms with Crippen LogP contribution in [0, 0.1) is 0 Å². The van der Waals surface area contributed by atoms with Crippen molar-refractivity contribution in [3.63, 3.8) is 0 Å². The van der Waals surface area contributed by atoms with Gasteiger partial charge in [-0.15, -0.1) is 0 Å². The zero-order valence-electron chi connectivity index (χ0n) is 8.56. The van der Waals surface area contributed by atoms with Gasteiger partial charge in [0.1, 0.15) is 24.4 Å². The Morgan fingerprint density at radius 1 is 1.19 bits per heavy atom. The molecule has 7 heteroatoms. The molecule has 2 fully saturated rings. The summed E-state index contributed by atoms with van der Waals surface area (Å²) in [5, 5.41) is 47.5. The van der Waals surface area contributed by atoms with Crippen molar-refractivity contribution in [1.82, 2.24) is 0 Å². The molecule has 0 bridgehead atoms. The van der Waals surface area contributed by atoms with Crippen molar-refractivity contribution in [1.29, 1.82) is 0 Å². The molecule has 0 radical (unpaired) electrons. The minimum Gasteiger partial charge on any atom is -0.394 e. The van der Waals surface area contributed by atoms with E-state index >= 15 is 0 Å². The number of aliphatic hydroxyl groups excluding tert-OH is 4. The van der Waals surface area contributed by atoms with Gasteiger partial charge in [-0.25, -0.2) is 0 Å². The van der Waals surface area contributed by atoms with Crippen molar-refractivity contribution in [2.75, 3.05) is 13.2 Å². The van der Waals surface area contributed by atoms with Crippen molar-refractivity contribution in [2.24, 2.45) is 0 Å². The molecule has 0 saturated carbocycles. The number of ether oxygens (including phenoxy) is 2. The summed E-state index contributed by atoms with van der Waals surface area (Å²) in [7, 11) is 0. The highest BCUT2D eigenvalue weighted by molar-refractivity contribution is 4.98. The maximum absolute atomic E-state index is 10.0. The van der Waals surface area contributed by atoms with E-state index in [0.717, 1.165) is 0 Å². The topological polar surface area (TPSA) is 123 Å². The molecule has 5 N–H and O–H groups in total. The van der Waals surface area contributed by atoms with Crippen LogP contribution in [0.4, 0.5) is 0 Å². The van der Waals surface area contributed by atoms with Gasteiger partial charge < -0.3 is 35.0 Å². The van der Waals surface area contributed by atoms with Crippen molar-refractivity contribution < 1.29 is 35.0 Å². The lowest BCUT2D eigenvalue weighted by Crippen LogP contribution is -2.65. The largest absolute Gasteiger partial charge is 0.394 e. The van der Waals surface area contributed by atoms with E-state index in [0.29, 0.717) is 6.61 Å². The normalized spacial score (nSPS) is 52.7. The van der Waals surface area contributed by atoms with E-state index in [-0.39, 0.29) is 12.5 Å². The molecule has 2 aliphatic rings. The molecule has 2 unspecified atom stereocenters. The summed E-state index contributed by atoms with van der Waals surface area (Å²) in [4.78, 5) is 0. The number of epoxide rings is 1. The van der Waals surface area contributed by atoms with Gasteiger partial charge in [0.15, 0.2) is 5.79 Å². The van der Waals surface area contributed by atoms with Crippen LogP contribution in [-0.4, -0.2) is 75.1 Å². The molecule has 94 valence electrons. The van der Waals surface area contributed by atoms with E-state index in [1.807, 2.05) is 0 Å². The zero-order chi connectivity index (χ0) is 11.9. The maximum Gasteiger partial charge on any atom is 0.197 e. The summed E-state index contributed by atoms with van der Waals surface area (Å²) in [5.74, 6) is -1.99. The van der Waals surface area contributed by atoms with Gasteiger partial charge in [-0.1, -0.05) is 0 Å². The van der Waals surface area contributed by atoms with Gasteiger partial charge in [0.25, 0.3) is 0 Å². The lowest BCUT2D eigenvalue weighted by Gasteiger charge is -2.45. The van der Waals surface area contributed by atoms with Crippen molar-refractivity contribution in [3.05, 3.63) is 0 Å². The van der Waals surface area contributed by atoms with E-state index in [1.54, 1.807) is 0 Å². The van der Waals surface area contributed by atoms with Gasteiger partial charge in [-0.3, -0.25) is 0 Å². The average molecular weight is 236 g/mol. The third-order valence-electron chi connectivity index (χ3n) is 2.97. The standard InChI is InChI=1S/C9H16O7/c10-2-5-6(11)7(12)8(13)9(14,16-5)1-4-3-15-4/h4-8,10-14H,1-3H2/t4?,5-,6-,7+,8-,9?/m1/s1. The minimum absolute atomic E-state index is 0.00551. The highest BCUT2D eigenvalue weighted by Gasteiger charge is 2.54. The van der Waals surface area contributed by atoms with Crippen LogP contribution in [-0.2, 0) is 9.47 Å². The van der Waals surface area contributed by atoms with Gasteiger partial charge in [0, 0.05) is 6.42 Å². The predicted molar refractivity (Wildman–Crippen MR) is 49.3 cm³/mol. The van der Waals surface area contributed by atoms with E-state index in [2.05, 4.69) is 0 Å². The van der Waals surface area contributed by atoms with Gasteiger partial charge in [0.05, 0.1) is 19.3 Å². The third kappa shape index (κ3) is 2.07. The van der Waals surface area contributed by atoms with E-state index in [9.17, 15) is 20.4 Å². The van der Waals surface area contributed by atoms with Crippen molar-refractivity contribution >= 4 is 0 Å². The lowest BCUT2D eigenvalue weighted by molar-refractivity contribution is -0.352. The lowest BCUT2D eigenvalue weighted by atomic mass is 9.90. The van der Waals surface area contributed by atoms with E-state index in [4.69, 9.17) is 14.6 Å². The Hall–Kier alpha value is -0.280. The Bertz CT molecular complexity index is 254. The average Bonchev–Trinajstić information content (AvgIpc) is 3.05. The molecule has 0 aromatic rings. The van der Waals surface area contributed by atoms with Crippen molar-refractivity contribution in [2.45, 2.75) is 42.7 Å². The molecule has 0 spiro atoms. The highest BCUT2D eigenvalue weighted by Crippen LogP contribution is 2.34. The van der Waals surface area contributed by atoms with Gasteiger partial charge in [-0.2, -0.15) is 0 Å². The molecule has 0 amide bonds. The van der Waals surface area contributed by atoms with Gasteiger partial charge in [-0.05, 0) is 0 Å². The molecule has 0 aliphatic carbocycles. The summed E-state index contributed by atoms with van der Waals surface area (Å²) >= 11 is 0. The van der Waals surface area contributed by atoms with Crippen LogP contribution in [0.25, 0.3) is 0 Å². The molecule has 6 atom stereocenters. The quantitative estimate of drug-likeness (QED) is 0.330. The predicted octanol–water partition coefficient (Wildman–Crippen LogP) is -3.06. The number of aliphatic hydroxyl groups is 5. The minimum atomic E-state index is -1.99. The summed E-state index contributed by atoms with van der Waals surface area (Å²) < 4.78 is 9.93. The maximum atomic E-state index is 10.0. The van der Waals surface area contributed by atoms with Crippen molar-refractivity contribution in [3.8, 4) is 0 Å². The van der Waals surface area contributed by atoms with Crippen LogP contribution in [0.15, 0.2) is 0 Å². The Balaban J connectivity index is 2.10. The van der Waals surface area contributed by atoms with Crippen LogP contribution >= 0.6 is 0 Å². The van der Waals surface area contributed by atoms with Gasteiger partial charge >= 0.3 is 0 Å². The first-order valence-electron chi connectivity index (χ1n) is 5.15. The Kier molecular flexibility index (Phi) is 3.19. The van der Waals surface area contributed by atoms with Crippen LogP contribution in [0.3, 0.4) is 0 Å². The fraction of sp³-hybridized carbons (Fsp3) is 1.00. The van der Waals surface area contributed by atoms with Crippen LogP contribution in [0.1, 0.15) is 6.42 Å². The Morgan fingerprint density at radius 3 is 2.31 bits per heavy atom. The van der Waals surface area contributed by atoms with Crippen LogP contribution < -0.4 is 0 Å². The Morgan fingerprint density at radius 2 is 1.81 bits per heavy atom. The molecule has 16 heavy (non-hydrogen) atoms. The molecule has 0 aromatic carbocycles. The molecule has 2 aliphatic heterocycles. The first kappa shape index (κ1) is 12.2. The second kappa shape index (κ2) is 4.19. The highest BCUT2D eigenvalue weighted by atomic mass is 16.7. The first-order chi connectivity index (χ1) is 7.48. The second-order valence-electron chi connectivity index (χ2n) is 4.27. The second-order valence-corrected chi connectivity index (χ2v) is 4.27. The summed E-state index contributed by atoms with van der Waals surface area (Å²) in [6.45, 7) is -0.0976. The van der Waals surface area contributed by atoms with Crippen LogP contribution in [0.5, 0.6) is 0 Å². The molecule has 2 saturated heterocycles. The molecule has 2 heterocycles. The molecule has 0 aromatic heterocycles. The molecular weight excluding hydrogens is 220 g/mol. The number of hydrogen-bond acceptors (Lipinski definition) is 7. The summed E-state index contributed by atoms with van der Waals surface area (Å²) in [6.07, 6.45) is -5.97.